The average molecular weight is 697 g/mol. The number of rotatable bonds is 6. The molecule has 2 aromatic heterocycles. The van der Waals surface area contributed by atoms with Crippen molar-refractivity contribution in [3.8, 4) is 22.9 Å². The van der Waals surface area contributed by atoms with Gasteiger partial charge in [0.15, 0.2) is 11.6 Å². The lowest BCUT2D eigenvalue weighted by molar-refractivity contribution is -0.0490. The molecule has 6 aliphatic rings. The first-order valence-corrected chi connectivity index (χ1v) is 17.1. The van der Waals surface area contributed by atoms with Crippen molar-refractivity contribution in [2.24, 2.45) is 5.92 Å². The summed E-state index contributed by atoms with van der Waals surface area (Å²) >= 11 is 7.86. The minimum absolute atomic E-state index is 0.0367. The van der Waals surface area contributed by atoms with E-state index in [0.717, 1.165) is 55.3 Å². The van der Waals surface area contributed by atoms with Crippen molar-refractivity contribution in [2.75, 3.05) is 36.9 Å². The molecule has 3 aliphatic heterocycles. The van der Waals surface area contributed by atoms with Gasteiger partial charge >= 0.3 is 6.01 Å². The van der Waals surface area contributed by atoms with Gasteiger partial charge in [-0.15, -0.1) is 11.3 Å². The summed E-state index contributed by atoms with van der Waals surface area (Å²) in [6.07, 6.45) is 1.97. The molecule has 248 valence electrons. The number of fused-ring (bicyclic) bond motifs is 2. The van der Waals surface area contributed by atoms with Crippen LogP contribution in [0.15, 0.2) is 24.3 Å². The third-order valence-corrected chi connectivity index (χ3v) is 12.5. The molecule has 0 spiro atoms. The zero-order valence-corrected chi connectivity index (χ0v) is 27.2. The molecule has 5 heterocycles. The summed E-state index contributed by atoms with van der Waals surface area (Å²) in [5.74, 6) is -1.03. The van der Waals surface area contributed by atoms with Crippen molar-refractivity contribution < 1.29 is 27.0 Å². The number of halogens is 5. The van der Waals surface area contributed by atoms with Gasteiger partial charge in [0, 0.05) is 23.0 Å². The fraction of sp³-hybridized carbons (Fsp3) is 0.441. The first-order valence-electron chi connectivity index (χ1n) is 15.9. The molecule has 48 heavy (non-hydrogen) atoms. The van der Waals surface area contributed by atoms with E-state index in [9.17, 15) is 8.78 Å². The van der Waals surface area contributed by atoms with Gasteiger partial charge in [-0.1, -0.05) is 29.8 Å². The lowest BCUT2D eigenvalue weighted by Gasteiger charge is -2.67. The minimum Gasteiger partial charge on any atom is -0.489 e. The fourth-order valence-electron chi connectivity index (χ4n) is 8.87. The van der Waals surface area contributed by atoms with Gasteiger partial charge in [0.2, 0.25) is 5.69 Å². The second-order valence-electron chi connectivity index (χ2n) is 13.9. The standard InChI is InChI=1S/C34H29ClF4N6O2S/c1-15-8-33(6-3-7-44(33)12-15)14-47-32-42-25-22-27(46-13-19(29(38)39)45(31(22)43-32)34-9-16(10-34)11-34)23(35)20(24(25)37)17-4-5-18(36)28-21(17)26(41-2)30(40)48-28/h4-5,16,19,29H,1,3,6-14,40H2/t16?,19-,33+,34?/m1/s1. The Balaban J connectivity index is 1.29. The van der Waals surface area contributed by atoms with Crippen LogP contribution in [0.3, 0.4) is 0 Å². The van der Waals surface area contributed by atoms with Crippen molar-refractivity contribution in [2.45, 2.75) is 62.1 Å². The van der Waals surface area contributed by atoms with Crippen molar-refractivity contribution in [1.29, 1.82) is 0 Å². The number of nitrogens with zero attached hydrogens (tertiary/aromatic N) is 5. The molecule has 2 atom stereocenters. The lowest BCUT2D eigenvalue weighted by atomic mass is 9.48. The van der Waals surface area contributed by atoms with Gasteiger partial charge in [-0.2, -0.15) is 9.97 Å². The Bertz CT molecular complexity index is 2120. The summed E-state index contributed by atoms with van der Waals surface area (Å²) in [4.78, 5) is 16.8. The number of nitrogen functional groups attached to an aromatic ring is 1. The van der Waals surface area contributed by atoms with Gasteiger partial charge < -0.3 is 20.1 Å². The van der Waals surface area contributed by atoms with E-state index in [0.29, 0.717) is 25.2 Å². The quantitative estimate of drug-likeness (QED) is 0.124. The topological polar surface area (TPSA) is 81.1 Å². The average Bonchev–Trinajstić information content (AvgIpc) is 3.61. The Morgan fingerprint density at radius 1 is 1.23 bits per heavy atom. The summed E-state index contributed by atoms with van der Waals surface area (Å²) in [5, 5.41) is 0.0267. The molecule has 3 aliphatic carbocycles. The van der Waals surface area contributed by atoms with Crippen LogP contribution in [0.4, 0.5) is 34.1 Å². The number of alkyl halides is 2. The molecule has 8 nitrogen and oxygen atoms in total. The predicted octanol–water partition coefficient (Wildman–Crippen LogP) is 8.13. The van der Waals surface area contributed by atoms with Gasteiger partial charge in [0.25, 0.3) is 6.43 Å². The molecule has 4 aromatic rings. The van der Waals surface area contributed by atoms with Crippen molar-refractivity contribution in [3.63, 3.8) is 0 Å². The summed E-state index contributed by atoms with van der Waals surface area (Å²) in [6, 6.07) is 0.942. The molecule has 5 fully saturated rings. The van der Waals surface area contributed by atoms with Gasteiger partial charge in [-0.05, 0) is 62.6 Å². The smallest absolute Gasteiger partial charge is 0.319 e. The van der Waals surface area contributed by atoms with Crippen LogP contribution < -0.4 is 20.1 Å². The molecule has 2 N–H and O–H groups in total. The molecular formula is C34H29ClF4N6O2S. The molecule has 0 radical (unpaired) electrons. The van der Waals surface area contributed by atoms with Gasteiger partial charge in [-0.25, -0.2) is 22.4 Å². The molecule has 2 saturated heterocycles. The highest BCUT2D eigenvalue weighted by atomic mass is 35.5. The number of benzene rings is 2. The lowest BCUT2D eigenvalue weighted by Crippen LogP contribution is -2.72. The fourth-order valence-corrected chi connectivity index (χ4v) is 10.1. The minimum atomic E-state index is -2.81. The molecular weight excluding hydrogens is 668 g/mol. The number of thiophene rings is 1. The molecule has 2 bridgehead atoms. The van der Waals surface area contributed by atoms with E-state index in [1.54, 1.807) is 4.90 Å². The first kappa shape index (κ1) is 30.2. The Kier molecular flexibility index (Phi) is 6.50. The van der Waals surface area contributed by atoms with Crippen molar-refractivity contribution in [1.82, 2.24) is 14.9 Å². The Hall–Kier alpha value is -3.86. The summed E-state index contributed by atoms with van der Waals surface area (Å²) < 4.78 is 74.6. The van der Waals surface area contributed by atoms with Crippen molar-refractivity contribution in [3.05, 3.63) is 52.4 Å². The number of anilines is 2. The Labute approximate surface area is 281 Å². The number of hydrogen-bond donors (Lipinski definition) is 1. The van der Waals surface area contributed by atoms with E-state index in [1.165, 1.54) is 6.07 Å². The van der Waals surface area contributed by atoms with Crippen LogP contribution in [0.1, 0.15) is 38.5 Å². The summed E-state index contributed by atoms with van der Waals surface area (Å²) in [5.41, 5.74) is 5.96. The highest BCUT2D eigenvalue weighted by Crippen LogP contribution is 2.64. The van der Waals surface area contributed by atoms with Gasteiger partial charge in [0.1, 0.15) is 36.4 Å². The van der Waals surface area contributed by atoms with E-state index in [4.69, 9.17) is 38.4 Å². The highest BCUT2D eigenvalue weighted by Gasteiger charge is 2.63. The predicted molar refractivity (Wildman–Crippen MR) is 177 cm³/mol. The maximum absolute atomic E-state index is 17.2. The van der Waals surface area contributed by atoms with Gasteiger partial charge in [0.05, 0.1) is 32.2 Å². The number of nitrogens with two attached hydrogens (primary N) is 1. The second kappa shape index (κ2) is 10.3. The Morgan fingerprint density at radius 2 is 2.02 bits per heavy atom. The zero-order chi connectivity index (χ0) is 33.3. The first-order chi connectivity index (χ1) is 23.0. The Morgan fingerprint density at radius 3 is 2.73 bits per heavy atom. The van der Waals surface area contributed by atoms with E-state index >= 15 is 8.78 Å². The van der Waals surface area contributed by atoms with Crippen LogP contribution in [0, 0.1) is 24.1 Å². The molecule has 2 aromatic carbocycles. The van der Waals surface area contributed by atoms with E-state index in [1.807, 2.05) is 0 Å². The van der Waals surface area contributed by atoms with Crippen LogP contribution in [0.5, 0.6) is 11.8 Å². The maximum Gasteiger partial charge on any atom is 0.319 e. The third-order valence-electron chi connectivity index (χ3n) is 11.1. The molecule has 0 amide bonds. The molecule has 3 saturated carbocycles. The second-order valence-corrected chi connectivity index (χ2v) is 15.3. The number of aromatic nitrogens is 2. The van der Waals surface area contributed by atoms with E-state index in [-0.39, 0.29) is 77.6 Å². The normalized spacial score (nSPS) is 27.5. The molecule has 14 heteroatoms. The SMILES string of the molecule is [C-]#[N+]c1c(N)sc2c(F)ccc(-c3c(Cl)c4c5c(nc(OC[C@@]67CCCN6CC(=C)C7)nc5c3F)N(C35CC(C3)C5)[C@@H](C(F)F)CO4)c12. The van der Waals surface area contributed by atoms with E-state index in [2.05, 4.69) is 21.3 Å². The monoisotopic (exact) mass is 696 g/mol. The molecule has 0 unspecified atom stereocenters. The summed E-state index contributed by atoms with van der Waals surface area (Å²) in [6.45, 7) is 13.4. The highest BCUT2D eigenvalue weighted by molar-refractivity contribution is 7.23. The largest absolute Gasteiger partial charge is 0.489 e. The van der Waals surface area contributed by atoms with Crippen LogP contribution in [0.25, 0.3) is 37.0 Å². The maximum atomic E-state index is 17.2. The van der Waals surface area contributed by atoms with Crippen LogP contribution in [-0.2, 0) is 0 Å². The van der Waals surface area contributed by atoms with Gasteiger partial charge in [-0.3, -0.25) is 4.90 Å². The van der Waals surface area contributed by atoms with Crippen molar-refractivity contribution >= 4 is 60.4 Å². The third kappa shape index (κ3) is 4.02. The van der Waals surface area contributed by atoms with Crippen LogP contribution in [0.2, 0.25) is 5.02 Å². The summed E-state index contributed by atoms with van der Waals surface area (Å²) in [7, 11) is 0. The van der Waals surface area contributed by atoms with Crippen LogP contribution >= 0.6 is 22.9 Å². The molecule has 10 rings (SSSR count). The zero-order valence-electron chi connectivity index (χ0n) is 25.6. The van der Waals surface area contributed by atoms with E-state index < -0.39 is 36.2 Å². The number of hydrogen-bond acceptors (Lipinski definition) is 8. The van der Waals surface area contributed by atoms with Crippen LogP contribution in [-0.4, -0.2) is 64.7 Å². The number of ether oxygens (including phenoxy) is 2.